The monoisotopic (exact) mass is 307 g/mol. The molecule has 3 rings (SSSR count). The van der Waals surface area contributed by atoms with Crippen LogP contribution in [0, 0.1) is 0 Å². The van der Waals surface area contributed by atoms with Gasteiger partial charge in [-0.15, -0.1) is 0 Å². The highest BCUT2D eigenvalue weighted by Gasteiger charge is 2.36. The number of halogens is 3. The quantitative estimate of drug-likeness (QED) is 0.920. The topological polar surface area (TPSA) is 37.8 Å². The maximum absolute atomic E-state index is 12.9. The molecule has 1 aromatic carbocycles. The van der Waals surface area contributed by atoms with Gasteiger partial charge < -0.3 is 5.32 Å². The molecule has 0 amide bonds. The lowest BCUT2D eigenvalue weighted by Gasteiger charge is -2.24. The number of hydrogen-bond donors (Lipinski definition) is 1. The predicted octanol–water partition coefficient (Wildman–Crippen LogP) is 3.63. The minimum absolute atomic E-state index is 0.0283. The Hall–Kier alpha value is -1.95. The smallest absolute Gasteiger partial charge is 0.317 e. The Kier molecular flexibility index (Phi) is 4.11. The number of alkyl halides is 3. The van der Waals surface area contributed by atoms with E-state index >= 15 is 0 Å². The minimum atomic E-state index is -4.52. The normalized spacial score (nSPS) is 16.7. The SMILES string of the molecule is FC(F)(F)c1ncc(-c2ccccc2)c(C2CCNCC2)n1. The third-order valence-electron chi connectivity index (χ3n) is 3.88. The van der Waals surface area contributed by atoms with E-state index in [-0.39, 0.29) is 5.92 Å². The highest BCUT2D eigenvalue weighted by atomic mass is 19.4. The van der Waals surface area contributed by atoms with Crippen molar-refractivity contribution in [3.05, 3.63) is 48.0 Å². The molecular formula is C16H16F3N3. The summed E-state index contributed by atoms with van der Waals surface area (Å²) in [6, 6.07) is 9.34. The fourth-order valence-electron chi connectivity index (χ4n) is 2.78. The van der Waals surface area contributed by atoms with Gasteiger partial charge in [0.1, 0.15) is 0 Å². The average molecular weight is 307 g/mol. The van der Waals surface area contributed by atoms with Crippen molar-refractivity contribution in [1.82, 2.24) is 15.3 Å². The highest BCUT2D eigenvalue weighted by Crippen LogP contribution is 2.35. The number of aromatic nitrogens is 2. The number of piperidine rings is 1. The van der Waals surface area contributed by atoms with Gasteiger partial charge in [-0.25, -0.2) is 9.97 Å². The molecule has 1 aliphatic rings. The molecule has 0 radical (unpaired) electrons. The van der Waals surface area contributed by atoms with Gasteiger partial charge in [-0.3, -0.25) is 0 Å². The molecule has 0 spiro atoms. The Bertz CT molecular complexity index is 635. The minimum Gasteiger partial charge on any atom is -0.317 e. The van der Waals surface area contributed by atoms with E-state index in [9.17, 15) is 13.2 Å². The molecule has 3 nitrogen and oxygen atoms in total. The summed E-state index contributed by atoms with van der Waals surface area (Å²) in [5, 5.41) is 3.22. The zero-order chi connectivity index (χ0) is 15.6. The summed E-state index contributed by atoms with van der Waals surface area (Å²) >= 11 is 0. The van der Waals surface area contributed by atoms with E-state index in [1.165, 1.54) is 6.20 Å². The van der Waals surface area contributed by atoms with Crippen LogP contribution in [-0.2, 0) is 6.18 Å². The largest absolute Gasteiger partial charge is 0.451 e. The van der Waals surface area contributed by atoms with Crippen LogP contribution in [0.15, 0.2) is 36.5 Å². The fourth-order valence-corrected chi connectivity index (χ4v) is 2.78. The summed E-state index contributed by atoms with van der Waals surface area (Å²) in [7, 11) is 0. The Balaban J connectivity index is 2.08. The Morgan fingerprint density at radius 3 is 2.36 bits per heavy atom. The van der Waals surface area contributed by atoms with Gasteiger partial charge in [0.25, 0.3) is 0 Å². The van der Waals surface area contributed by atoms with Crippen LogP contribution in [-0.4, -0.2) is 23.1 Å². The summed E-state index contributed by atoms with van der Waals surface area (Å²) in [6.07, 6.45) is -1.64. The molecule has 1 N–H and O–H groups in total. The first kappa shape index (κ1) is 15.0. The summed E-state index contributed by atoms with van der Waals surface area (Å²) in [5.41, 5.74) is 2.06. The van der Waals surface area contributed by atoms with Crippen LogP contribution in [0.2, 0.25) is 0 Å². The summed E-state index contributed by atoms with van der Waals surface area (Å²) < 4.78 is 38.8. The van der Waals surface area contributed by atoms with Crippen molar-refractivity contribution in [3.63, 3.8) is 0 Å². The molecule has 1 aliphatic heterocycles. The second kappa shape index (κ2) is 6.04. The van der Waals surface area contributed by atoms with Crippen LogP contribution in [0.1, 0.15) is 30.3 Å². The molecule has 1 aromatic heterocycles. The Morgan fingerprint density at radius 2 is 1.73 bits per heavy atom. The lowest BCUT2D eigenvalue weighted by Crippen LogP contribution is -2.28. The molecular weight excluding hydrogens is 291 g/mol. The third-order valence-corrected chi connectivity index (χ3v) is 3.88. The molecule has 6 heteroatoms. The maximum atomic E-state index is 12.9. The molecule has 1 fully saturated rings. The van der Waals surface area contributed by atoms with Crippen molar-refractivity contribution in [2.45, 2.75) is 24.9 Å². The molecule has 2 heterocycles. The Labute approximate surface area is 126 Å². The van der Waals surface area contributed by atoms with Crippen molar-refractivity contribution in [2.24, 2.45) is 0 Å². The standard InChI is InChI=1S/C16H16F3N3/c17-16(18,19)15-21-10-13(11-4-2-1-3-5-11)14(22-15)12-6-8-20-9-7-12/h1-5,10,12,20H,6-9H2. The van der Waals surface area contributed by atoms with E-state index in [4.69, 9.17) is 0 Å². The van der Waals surface area contributed by atoms with Crippen molar-refractivity contribution in [3.8, 4) is 11.1 Å². The van der Waals surface area contributed by atoms with Crippen LogP contribution in [0.5, 0.6) is 0 Å². The van der Waals surface area contributed by atoms with Crippen LogP contribution in [0.25, 0.3) is 11.1 Å². The molecule has 22 heavy (non-hydrogen) atoms. The summed E-state index contributed by atoms with van der Waals surface area (Å²) in [5.74, 6) is -1.03. The lowest BCUT2D eigenvalue weighted by atomic mass is 9.89. The maximum Gasteiger partial charge on any atom is 0.451 e. The van der Waals surface area contributed by atoms with Gasteiger partial charge in [-0.05, 0) is 31.5 Å². The molecule has 2 aromatic rings. The van der Waals surface area contributed by atoms with Gasteiger partial charge in [0, 0.05) is 17.7 Å². The van der Waals surface area contributed by atoms with E-state index in [2.05, 4.69) is 15.3 Å². The number of nitrogens with zero attached hydrogens (tertiary/aromatic N) is 2. The van der Waals surface area contributed by atoms with Crippen molar-refractivity contribution in [2.75, 3.05) is 13.1 Å². The van der Waals surface area contributed by atoms with Crippen LogP contribution in [0.4, 0.5) is 13.2 Å². The zero-order valence-corrected chi connectivity index (χ0v) is 11.9. The first-order chi connectivity index (χ1) is 10.6. The fraction of sp³-hybridized carbons (Fsp3) is 0.375. The van der Waals surface area contributed by atoms with Gasteiger partial charge in [-0.1, -0.05) is 30.3 Å². The van der Waals surface area contributed by atoms with E-state index in [0.29, 0.717) is 11.3 Å². The van der Waals surface area contributed by atoms with Crippen LogP contribution < -0.4 is 5.32 Å². The van der Waals surface area contributed by atoms with Gasteiger partial charge in [-0.2, -0.15) is 13.2 Å². The van der Waals surface area contributed by atoms with Crippen molar-refractivity contribution < 1.29 is 13.2 Å². The van der Waals surface area contributed by atoms with Gasteiger partial charge in [0.2, 0.25) is 5.82 Å². The van der Waals surface area contributed by atoms with Crippen LogP contribution in [0.3, 0.4) is 0 Å². The average Bonchev–Trinajstić information content (AvgIpc) is 2.55. The molecule has 1 saturated heterocycles. The third kappa shape index (κ3) is 3.11. The van der Waals surface area contributed by atoms with Gasteiger partial charge in [0.15, 0.2) is 0 Å². The van der Waals surface area contributed by atoms with Crippen molar-refractivity contribution >= 4 is 0 Å². The second-order valence-corrected chi connectivity index (χ2v) is 5.38. The predicted molar refractivity (Wildman–Crippen MR) is 77.3 cm³/mol. The molecule has 0 bridgehead atoms. The highest BCUT2D eigenvalue weighted by molar-refractivity contribution is 5.65. The van der Waals surface area contributed by atoms with E-state index in [1.54, 1.807) is 0 Å². The first-order valence-corrected chi connectivity index (χ1v) is 7.26. The van der Waals surface area contributed by atoms with E-state index < -0.39 is 12.0 Å². The molecule has 0 atom stereocenters. The molecule has 0 unspecified atom stereocenters. The van der Waals surface area contributed by atoms with Crippen LogP contribution >= 0.6 is 0 Å². The van der Waals surface area contributed by atoms with E-state index in [1.807, 2.05) is 30.3 Å². The number of nitrogens with one attached hydrogen (secondary N) is 1. The van der Waals surface area contributed by atoms with E-state index in [0.717, 1.165) is 31.5 Å². The molecule has 116 valence electrons. The first-order valence-electron chi connectivity index (χ1n) is 7.26. The molecule has 0 aliphatic carbocycles. The second-order valence-electron chi connectivity index (χ2n) is 5.38. The zero-order valence-electron chi connectivity index (χ0n) is 11.9. The van der Waals surface area contributed by atoms with Gasteiger partial charge in [0.05, 0.1) is 5.69 Å². The lowest BCUT2D eigenvalue weighted by molar-refractivity contribution is -0.145. The summed E-state index contributed by atoms with van der Waals surface area (Å²) in [6.45, 7) is 1.59. The number of benzene rings is 1. The Morgan fingerprint density at radius 1 is 1.05 bits per heavy atom. The number of hydrogen-bond acceptors (Lipinski definition) is 3. The van der Waals surface area contributed by atoms with Crippen molar-refractivity contribution in [1.29, 1.82) is 0 Å². The number of rotatable bonds is 2. The van der Waals surface area contributed by atoms with Gasteiger partial charge >= 0.3 is 6.18 Å². The summed E-state index contributed by atoms with van der Waals surface area (Å²) in [4.78, 5) is 7.41. The molecule has 0 saturated carbocycles.